The zero-order chi connectivity index (χ0) is 15.1. The fraction of sp³-hybridized carbons (Fsp3) is 0.267. The maximum absolute atomic E-state index is 13.9. The van der Waals surface area contributed by atoms with Crippen LogP contribution in [0.4, 0.5) is 8.78 Å². The highest BCUT2D eigenvalue weighted by Crippen LogP contribution is 2.32. The number of benzene rings is 1. The largest absolute Gasteiger partial charge is 0.467 e. The first-order chi connectivity index (χ1) is 9.99. The van der Waals surface area contributed by atoms with E-state index in [4.69, 9.17) is 16.0 Å². The van der Waals surface area contributed by atoms with E-state index >= 15 is 0 Å². The molecule has 3 nitrogen and oxygen atoms in total. The quantitative estimate of drug-likeness (QED) is 0.650. The van der Waals surface area contributed by atoms with Gasteiger partial charge in [-0.25, -0.2) is 13.8 Å². The Bertz CT molecular complexity index is 781. The van der Waals surface area contributed by atoms with Gasteiger partial charge in [0, 0.05) is 12.1 Å². The smallest absolute Gasteiger partial charge is 0.153 e. The summed E-state index contributed by atoms with van der Waals surface area (Å²) < 4.78 is 34.6. The van der Waals surface area contributed by atoms with E-state index in [1.807, 2.05) is 6.92 Å². The van der Waals surface area contributed by atoms with Crippen molar-refractivity contribution in [2.24, 2.45) is 0 Å². The van der Waals surface area contributed by atoms with Gasteiger partial charge in [-0.15, -0.1) is 11.6 Å². The minimum absolute atomic E-state index is 0.109. The lowest BCUT2D eigenvalue weighted by molar-refractivity contribution is 0.444. The lowest BCUT2D eigenvalue weighted by Gasteiger charge is -2.16. The zero-order valence-electron chi connectivity index (χ0n) is 11.5. The summed E-state index contributed by atoms with van der Waals surface area (Å²) in [6.07, 6.45) is 1.55. The van der Waals surface area contributed by atoms with Crippen molar-refractivity contribution in [2.45, 2.75) is 25.3 Å². The summed E-state index contributed by atoms with van der Waals surface area (Å²) in [7, 11) is 0. The number of hydrogen-bond acceptors (Lipinski definition) is 2. The molecule has 0 N–H and O–H groups in total. The topological polar surface area (TPSA) is 31.0 Å². The van der Waals surface area contributed by atoms with Crippen LogP contribution in [0.25, 0.3) is 11.0 Å². The van der Waals surface area contributed by atoms with E-state index in [1.165, 1.54) is 6.07 Å². The van der Waals surface area contributed by atoms with Crippen LogP contribution in [-0.4, -0.2) is 9.55 Å². The molecule has 2 atom stereocenters. The molecule has 6 heteroatoms. The Hall–Kier alpha value is -1.88. The Kier molecular flexibility index (Phi) is 3.45. The van der Waals surface area contributed by atoms with E-state index in [0.29, 0.717) is 17.1 Å². The van der Waals surface area contributed by atoms with Crippen molar-refractivity contribution >= 4 is 22.6 Å². The molecule has 0 saturated heterocycles. The van der Waals surface area contributed by atoms with Gasteiger partial charge in [0.1, 0.15) is 22.9 Å². The molecule has 3 rings (SSSR count). The van der Waals surface area contributed by atoms with Crippen LogP contribution in [0, 0.1) is 11.6 Å². The van der Waals surface area contributed by atoms with Crippen molar-refractivity contribution in [3.8, 4) is 0 Å². The van der Waals surface area contributed by atoms with Gasteiger partial charge >= 0.3 is 0 Å². The van der Waals surface area contributed by atoms with Crippen LogP contribution in [0.15, 0.2) is 34.9 Å². The van der Waals surface area contributed by atoms with Crippen molar-refractivity contribution in [1.29, 1.82) is 0 Å². The van der Waals surface area contributed by atoms with Crippen molar-refractivity contribution in [3.63, 3.8) is 0 Å². The third-order valence-corrected chi connectivity index (χ3v) is 3.63. The number of rotatable bonds is 3. The summed E-state index contributed by atoms with van der Waals surface area (Å²) in [6.45, 7) is 3.61. The van der Waals surface area contributed by atoms with E-state index in [2.05, 4.69) is 4.98 Å². The van der Waals surface area contributed by atoms with Gasteiger partial charge < -0.3 is 8.98 Å². The fourth-order valence-corrected chi connectivity index (χ4v) is 2.64. The van der Waals surface area contributed by atoms with E-state index in [0.717, 1.165) is 6.07 Å². The average Bonchev–Trinajstić information content (AvgIpc) is 3.04. The van der Waals surface area contributed by atoms with Gasteiger partial charge in [-0.1, -0.05) is 0 Å². The van der Waals surface area contributed by atoms with Gasteiger partial charge in [0.05, 0.1) is 23.2 Å². The average molecular weight is 311 g/mol. The van der Waals surface area contributed by atoms with E-state index < -0.39 is 17.0 Å². The molecule has 0 saturated carbocycles. The Morgan fingerprint density at radius 1 is 1.29 bits per heavy atom. The summed E-state index contributed by atoms with van der Waals surface area (Å²) in [4.78, 5) is 4.23. The molecule has 110 valence electrons. The normalized spacial score (nSPS) is 14.5. The Morgan fingerprint density at radius 3 is 2.67 bits per heavy atom. The molecule has 0 aliphatic carbocycles. The van der Waals surface area contributed by atoms with Gasteiger partial charge in [0.15, 0.2) is 5.82 Å². The monoisotopic (exact) mass is 310 g/mol. The number of furan rings is 1. The van der Waals surface area contributed by atoms with Crippen molar-refractivity contribution in [3.05, 3.63) is 53.7 Å². The zero-order valence-corrected chi connectivity index (χ0v) is 12.2. The van der Waals surface area contributed by atoms with Crippen LogP contribution < -0.4 is 0 Å². The highest BCUT2D eigenvalue weighted by atomic mass is 35.5. The molecule has 0 amide bonds. The number of fused-ring (bicyclic) bond motifs is 1. The molecule has 1 aromatic carbocycles. The molecule has 2 unspecified atom stereocenters. The third-order valence-electron chi connectivity index (χ3n) is 3.44. The molecule has 0 aliphatic rings. The lowest BCUT2D eigenvalue weighted by atomic mass is 10.2. The van der Waals surface area contributed by atoms with Gasteiger partial charge in [0.2, 0.25) is 0 Å². The number of aromatic nitrogens is 2. The highest BCUT2D eigenvalue weighted by Gasteiger charge is 2.23. The summed E-state index contributed by atoms with van der Waals surface area (Å²) in [5.41, 5.74) is 0.469. The summed E-state index contributed by atoms with van der Waals surface area (Å²) in [6, 6.07) is 5.36. The number of nitrogens with zero attached hydrogens (tertiary/aromatic N) is 2. The maximum Gasteiger partial charge on any atom is 0.153 e. The van der Waals surface area contributed by atoms with Gasteiger partial charge in [-0.05, 0) is 26.0 Å². The standard InChI is InChI=1S/C15H13ClF2N2O/c1-8(16)15-19-14-11(18)6-10(17)7-12(14)20(15)9(2)13-4-3-5-21-13/h3-9H,1-2H3. The second-order valence-electron chi connectivity index (χ2n) is 4.90. The van der Waals surface area contributed by atoms with Gasteiger partial charge in [-0.2, -0.15) is 0 Å². The molecule has 0 bridgehead atoms. The Balaban J connectivity index is 2.30. The maximum atomic E-state index is 13.9. The fourth-order valence-electron chi connectivity index (χ4n) is 2.48. The summed E-state index contributed by atoms with van der Waals surface area (Å²) in [5.74, 6) is -0.215. The Labute approximate surface area is 125 Å². The van der Waals surface area contributed by atoms with E-state index in [1.54, 1.807) is 29.9 Å². The van der Waals surface area contributed by atoms with Crippen LogP contribution in [0.3, 0.4) is 0 Å². The van der Waals surface area contributed by atoms with Crippen LogP contribution in [-0.2, 0) is 0 Å². The van der Waals surface area contributed by atoms with Crippen LogP contribution in [0.2, 0.25) is 0 Å². The molecular formula is C15H13ClF2N2O. The van der Waals surface area contributed by atoms with Crippen molar-refractivity contribution in [1.82, 2.24) is 9.55 Å². The predicted molar refractivity (Wildman–Crippen MR) is 76.4 cm³/mol. The lowest BCUT2D eigenvalue weighted by Crippen LogP contribution is -2.10. The molecular weight excluding hydrogens is 298 g/mol. The first-order valence-electron chi connectivity index (χ1n) is 6.53. The molecule has 21 heavy (non-hydrogen) atoms. The number of alkyl halides is 1. The van der Waals surface area contributed by atoms with Crippen molar-refractivity contribution in [2.75, 3.05) is 0 Å². The molecule has 2 aromatic heterocycles. The first-order valence-corrected chi connectivity index (χ1v) is 6.97. The summed E-state index contributed by atoms with van der Waals surface area (Å²) >= 11 is 6.15. The predicted octanol–water partition coefficient (Wildman–Crippen LogP) is 4.82. The Morgan fingerprint density at radius 2 is 2.05 bits per heavy atom. The second-order valence-corrected chi connectivity index (χ2v) is 5.56. The highest BCUT2D eigenvalue weighted by molar-refractivity contribution is 6.20. The van der Waals surface area contributed by atoms with Crippen LogP contribution in [0.5, 0.6) is 0 Å². The van der Waals surface area contributed by atoms with E-state index in [-0.39, 0.29) is 11.6 Å². The van der Waals surface area contributed by atoms with Gasteiger partial charge in [0.25, 0.3) is 0 Å². The first kappa shape index (κ1) is 14.1. The minimum Gasteiger partial charge on any atom is -0.467 e. The molecule has 3 aromatic rings. The number of hydrogen-bond donors (Lipinski definition) is 0. The molecule has 0 spiro atoms. The summed E-state index contributed by atoms with van der Waals surface area (Å²) in [5, 5.41) is -0.447. The molecule has 0 fully saturated rings. The van der Waals surface area contributed by atoms with Crippen LogP contribution >= 0.6 is 11.6 Å². The van der Waals surface area contributed by atoms with Crippen LogP contribution in [0.1, 0.15) is 36.9 Å². The molecule has 2 heterocycles. The van der Waals surface area contributed by atoms with E-state index in [9.17, 15) is 8.78 Å². The second kappa shape index (κ2) is 5.15. The molecule has 0 aliphatic heterocycles. The van der Waals surface area contributed by atoms with Crippen molar-refractivity contribution < 1.29 is 13.2 Å². The number of imidazole rings is 1. The molecule has 0 radical (unpaired) electrons. The SMILES string of the molecule is CC(Cl)c1nc2c(F)cc(F)cc2n1C(C)c1ccco1. The number of halogens is 3. The van der Waals surface area contributed by atoms with Gasteiger partial charge in [-0.3, -0.25) is 0 Å². The minimum atomic E-state index is -0.700. The third kappa shape index (κ3) is 2.31.